The van der Waals surface area contributed by atoms with E-state index in [9.17, 15) is 19.2 Å². The van der Waals surface area contributed by atoms with Gasteiger partial charge in [0.2, 0.25) is 11.8 Å². The second kappa shape index (κ2) is 8.49. The molecule has 168 valence electrons. The molecular weight excluding hydrogens is 412 g/mol. The number of H-pyrrole nitrogens is 1. The van der Waals surface area contributed by atoms with E-state index in [-0.39, 0.29) is 36.4 Å². The number of carbonyl (C=O) groups is 3. The smallest absolute Gasteiger partial charge is 0.261 e. The largest absolute Gasteiger partial charge is 0.495 e. The maximum atomic E-state index is 13.1. The molecule has 0 radical (unpaired) electrons. The molecule has 2 aliphatic rings. The van der Waals surface area contributed by atoms with Gasteiger partial charge in [-0.25, -0.2) is 0 Å². The summed E-state index contributed by atoms with van der Waals surface area (Å²) < 4.78 is 5.40. The summed E-state index contributed by atoms with van der Waals surface area (Å²) in [6.07, 6.45) is 2.19. The summed E-state index contributed by atoms with van der Waals surface area (Å²) in [4.78, 5) is 53.7. The monoisotopic (exact) mass is 438 g/mol. The van der Waals surface area contributed by atoms with Crippen molar-refractivity contribution in [3.05, 3.63) is 57.0 Å². The van der Waals surface area contributed by atoms with Gasteiger partial charge in [0.1, 0.15) is 11.3 Å². The van der Waals surface area contributed by atoms with Crippen molar-refractivity contribution in [3.8, 4) is 5.75 Å². The number of amides is 3. The maximum Gasteiger partial charge on any atom is 0.261 e. The van der Waals surface area contributed by atoms with Crippen molar-refractivity contribution in [1.82, 2.24) is 10.3 Å². The Morgan fingerprint density at radius 3 is 2.75 bits per heavy atom. The fourth-order valence-corrected chi connectivity index (χ4v) is 4.49. The Bertz CT molecular complexity index is 1160. The molecule has 1 saturated heterocycles. The highest BCUT2D eigenvalue weighted by atomic mass is 16.5. The first-order valence-corrected chi connectivity index (χ1v) is 10.6. The van der Waals surface area contributed by atoms with Crippen molar-refractivity contribution in [1.29, 1.82) is 0 Å². The molecule has 0 bridgehead atoms. The van der Waals surface area contributed by atoms with E-state index < -0.39 is 17.4 Å². The van der Waals surface area contributed by atoms with E-state index in [0.29, 0.717) is 35.5 Å². The number of anilines is 1. The van der Waals surface area contributed by atoms with Gasteiger partial charge < -0.3 is 25.7 Å². The van der Waals surface area contributed by atoms with E-state index in [1.165, 1.54) is 6.07 Å². The molecule has 4 rings (SSSR count). The van der Waals surface area contributed by atoms with Crippen molar-refractivity contribution in [2.24, 2.45) is 11.7 Å². The molecular formula is C23H26N4O5. The Kier molecular flexibility index (Phi) is 5.73. The number of aromatic amines is 1. The number of benzene rings is 1. The zero-order valence-electron chi connectivity index (χ0n) is 18.1. The summed E-state index contributed by atoms with van der Waals surface area (Å²) in [7, 11) is 1.55. The summed E-state index contributed by atoms with van der Waals surface area (Å²) in [5, 5.41) is 3.01. The number of ether oxygens (including phenoxy) is 1. The van der Waals surface area contributed by atoms with Crippen LogP contribution in [0.25, 0.3) is 0 Å². The van der Waals surface area contributed by atoms with Crippen molar-refractivity contribution in [2.45, 2.75) is 38.6 Å². The number of fused-ring (bicyclic) bond motifs is 1. The van der Waals surface area contributed by atoms with Crippen LogP contribution in [0.5, 0.6) is 5.75 Å². The van der Waals surface area contributed by atoms with Crippen LogP contribution in [-0.4, -0.2) is 36.4 Å². The third kappa shape index (κ3) is 3.98. The molecule has 32 heavy (non-hydrogen) atoms. The van der Waals surface area contributed by atoms with Gasteiger partial charge in [-0.2, -0.15) is 0 Å². The van der Waals surface area contributed by atoms with Crippen LogP contribution < -0.4 is 26.2 Å². The number of aryl methyl sites for hydroxylation is 2. The predicted octanol–water partition coefficient (Wildman–Crippen LogP) is 1.34. The van der Waals surface area contributed by atoms with Crippen molar-refractivity contribution < 1.29 is 19.1 Å². The number of hydrogen-bond acceptors (Lipinski definition) is 5. The molecule has 1 aliphatic carbocycles. The molecule has 9 heteroatoms. The highest BCUT2D eigenvalue weighted by Crippen LogP contribution is 2.35. The SMILES string of the molecule is COc1ccc(C)cc1N1CC(C(=O)NC2CCCc3[nH]c(=O)c(C(N)=O)cc32)CC1=O. The first kappa shape index (κ1) is 21.6. The lowest BCUT2D eigenvalue weighted by Crippen LogP contribution is -2.38. The second-order valence-corrected chi connectivity index (χ2v) is 8.34. The van der Waals surface area contributed by atoms with Crippen LogP contribution in [0.3, 0.4) is 0 Å². The number of methoxy groups -OCH3 is 1. The Labute approximate surface area is 184 Å². The van der Waals surface area contributed by atoms with Crippen molar-refractivity contribution in [2.75, 3.05) is 18.6 Å². The number of pyridine rings is 1. The Hall–Kier alpha value is -3.62. The van der Waals surface area contributed by atoms with Crippen LogP contribution in [0.4, 0.5) is 5.69 Å². The zero-order valence-corrected chi connectivity index (χ0v) is 18.1. The first-order valence-electron chi connectivity index (χ1n) is 10.6. The predicted molar refractivity (Wildman–Crippen MR) is 118 cm³/mol. The number of aromatic nitrogens is 1. The number of nitrogens with zero attached hydrogens (tertiary/aromatic N) is 1. The molecule has 0 spiro atoms. The molecule has 4 N–H and O–H groups in total. The number of rotatable bonds is 5. The van der Waals surface area contributed by atoms with Gasteiger partial charge in [0.15, 0.2) is 0 Å². The van der Waals surface area contributed by atoms with E-state index in [4.69, 9.17) is 10.5 Å². The summed E-state index contributed by atoms with van der Waals surface area (Å²) in [5.74, 6) is -1.13. The van der Waals surface area contributed by atoms with E-state index in [1.54, 1.807) is 18.1 Å². The minimum absolute atomic E-state index is 0.0979. The minimum Gasteiger partial charge on any atom is -0.495 e. The topological polar surface area (TPSA) is 135 Å². The van der Waals surface area contributed by atoms with Gasteiger partial charge in [-0.15, -0.1) is 0 Å². The van der Waals surface area contributed by atoms with Crippen LogP contribution in [0.15, 0.2) is 29.1 Å². The molecule has 9 nitrogen and oxygen atoms in total. The van der Waals surface area contributed by atoms with E-state index in [0.717, 1.165) is 12.0 Å². The van der Waals surface area contributed by atoms with Gasteiger partial charge in [-0.3, -0.25) is 19.2 Å². The number of carbonyl (C=O) groups excluding carboxylic acids is 3. The standard InChI is InChI=1S/C23H26N4O5/c1-12-6-7-19(32-2)18(8-12)27-11-13(9-20(27)28)22(30)25-16-4-3-5-17-14(16)10-15(21(24)29)23(31)26-17/h6-8,10,13,16H,3-5,9,11H2,1-2H3,(H2,24,29)(H,25,30)(H,26,31). The minimum atomic E-state index is -0.811. The lowest BCUT2D eigenvalue weighted by Gasteiger charge is -2.27. The molecule has 1 fully saturated rings. The molecule has 1 aromatic carbocycles. The van der Waals surface area contributed by atoms with Gasteiger partial charge in [0, 0.05) is 18.7 Å². The van der Waals surface area contributed by atoms with Crippen LogP contribution in [0.2, 0.25) is 0 Å². The summed E-state index contributed by atoms with van der Waals surface area (Å²) in [6.45, 7) is 2.18. The average Bonchev–Trinajstić information content (AvgIpc) is 3.14. The van der Waals surface area contributed by atoms with Gasteiger partial charge in [-0.05, 0) is 55.5 Å². The van der Waals surface area contributed by atoms with Crippen LogP contribution in [-0.2, 0) is 16.0 Å². The number of primary amides is 1. The lowest BCUT2D eigenvalue weighted by atomic mass is 9.89. The summed E-state index contributed by atoms with van der Waals surface area (Å²) in [5.41, 5.74) is 7.70. The van der Waals surface area contributed by atoms with Crippen LogP contribution >= 0.6 is 0 Å². The molecule has 2 atom stereocenters. The first-order chi connectivity index (χ1) is 15.3. The average molecular weight is 438 g/mol. The molecule has 2 heterocycles. The molecule has 2 unspecified atom stereocenters. The van der Waals surface area contributed by atoms with Crippen LogP contribution in [0, 0.1) is 12.8 Å². The summed E-state index contributed by atoms with van der Waals surface area (Å²) >= 11 is 0. The fraction of sp³-hybridized carbons (Fsp3) is 0.391. The van der Waals surface area contributed by atoms with E-state index in [1.807, 2.05) is 19.1 Å². The van der Waals surface area contributed by atoms with Crippen molar-refractivity contribution >= 4 is 23.4 Å². The molecule has 0 saturated carbocycles. The number of nitrogens with one attached hydrogen (secondary N) is 2. The fourth-order valence-electron chi connectivity index (χ4n) is 4.49. The van der Waals surface area contributed by atoms with Gasteiger partial charge in [0.05, 0.1) is 24.8 Å². The molecule has 3 amide bonds. The third-order valence-electron chi connectivity index (χ3n) is 6.16. The van der Waals surface area contributed by atoms with Crippen molar-refractivity contribution in [3.63, 3.8) is 0 Å². The number of nitrogens with two attached hydrogens (primary N) is 1. The second-order valence-electron chi connectivity index (χ2n) is 8.34. The summed E-state index contributed by atoms with van der Waals surface area (Å²) in [6, 6.07) is 6.69. The lowest BCUT2D eigenvalue weighted by molar-refractivity contribution is -0.127. The maximum absolute atomic E-state index is 13.1. The Morgan fingerprint density at radius 1 is 1.25 bits per heavy atom. The molecule has 1 aliphatic heterocycles. The van der Waals surface area contributed by atoms with Crippen LogP contribution in [0.1, 0.15) is 52.5 Å². The van der Waals surface area contributed by atoms with Gasteiger partial charge in [-0.1, -0.05) is 6.07 Å². The zero-order chi connectivity index (χ0) is 23.0. The van der Waals surface area contributed by atoms with Gasteiger partial charge in [0.25, 0.3) is 11.5 Å². The quantitative estimate of drug-likeness (QED) is 0.647. The van der Waals surface area contributed by atoms with E-state index >= 15 is 0 Å². The van der Waals surface area contributed by atoms with Gasteiger partial charge >= 0.3 is 0 Å². The molecule has 2 aromatic rings. The third-order valence-corrected chi connectivity index (χ3v) is 6.16. The highest BCUT2D eigenvalue weighted by Gasteiger charge is 2.37. The molecule has 1 aromatic heterocycles. The highest BCUT2D eigenvalue weighted by molar-refractivity contribution is 6.01. The Balaban J connectivity index is 1.53. The normalized spacial score (nSPS) is 20.1. The van der Waals surface area contributed by atoms with E-state index in [2.05, 4.69) is 10.3 Å². The number of hydrogen-bond donors (Lipinski definition) is 3. The Morgan fingerprint density at radius 2 is 2.03 bits per heavy atom.